The summed E-state index contributed by atoms with van der Waals surface area (Å²) in [6.07, 6.45) is -0.837. The Balaban J connectivity index is 1.56. The Hall–Kier alpha value is -4.21. The number of pyridine rings is 1. The molecule has 1 aliphatic heterocycles. The average molecular weight is 468 g/mol. The molecular formula is C24H21F2N5O3. The highest BCUT2D eigenvalue weighted by Gasteiger charge is 2.34. The second kappa shape index (κ2) is 8.62. The third kappa shape index (κ3) is 3.98. The molecule has 0 N–H and O–H groups in total. The second-order valence-electron chi connectivity index (χ2n) is 7.68. The first kappa shape index (κ1) is 18.2. The summed E-state index contributed by atoms with van der Waals surface area (Å²) in [5.41, 5.74) is 2.43. The summed E-state index contributed by atoms with van der Waals surface area (Å²) in [4.78, 5) is 21.1. The molecule has 0 unspecified atom stereocenters. The molecule has 8 nitrogen and oxygen atoms in total. The van der Waals surface area contributed by atoms with Crippen LogP contribution < -0.4 is 19.3 Å². The predicted octanol–water partition coefficient (Wildman–Crippen LogP) is 4.90. The lowest BCUT2D eigenvalue weighted by Gasteiger charge is -2.36. The minimum absolute atomic E-state index is 0.0514. The highest BCUT2D eigenvalue weighted by Crippen LogP contribution is 2.38. The van der Waals surface area contributed by atoms with Gasteiger partial charge in [-0.15, -0.1) is 0 Å². The molecule has 4 aromatic rings. The Morgan fingerprint density at radius 1 is 1.12 bits per heavy atom. The Morgan fingerprint density at radius 3 is 2.68 bits per heavy atom. The van der Waals surface area contributed by atoms with Crippen molar-refractivity contribution in [2.75, 3.05) is 23.4 Å². The number of carbonyl (C=O) groups excluding carboxylic acids is 1. The summed E-state index contributed by atoms with van der Waals surface area (Å²) in [7, 11) is -0.821. The van der Waals surface area contributed by atoms with Crippen molar-refractivity contribution in [1.82, 2.24) is 14.8 Å². The first-order valence-corrected chi connectivity index (χ1v) is 10.3. The van der Waals surface area contributed by atoms with Gasteiger partial charge in [-0.1, -0.05) is 0 Å². The zero-order valence-corrected chi connectivity index (χ0v) is 18.0. The lowest BCUT2D eigenvalue weighted by atomic mass is 10.1. The van der Waals surface area contributed by atoms with Gasteiger partial charge in [-0.05, 0) is 48.5 Å². The topological polar surface area (TPSA) is 72.7 Å². The standard InChI is InChI=1S/C24H21F2N5O3/c1-29-12-16-11-18(6-9-20(16)28-29)30-13-15-3-10-22(34-14-21(25)26)27-23(15)31(24(30)32)17-4-7-19(33-2)8-5-17/h3-12,21H,13-14H2,1-2H3/i2D3. The van der Waals surface area contributed by atoms with Crippen LogP contribution >= 0.6 is 0 Å². The van der Waals surface area contributed by atoms with Crippen molar-refractivity contribution in [3.63, 3.8) is 0 Å². The molecule has 0 spiro atoms. The van der Waals surface area contributed by atoms with Crippen LogP contribution in [0.1, 0.15) is 9.68 Å². The molecule has 2 amide bonds. The average Bonchev–Trinajstić information content (AvgIpc) is 3.21. The van der Waals surface area contributed by atoms with Gasteiger partial charge >= 0.3 is 6.03 Å². The van der Waals surface area contributed by atoms with Crippen LogP contribution in [0.2, 0.25) is 0 Å². The summed E-state index contributed by atoms with van der Waals surface area (Å²) < 4.78 is 58.9. The molecule has 0 bridgehead atoms. The van der Waals surface area contributed by atoms with Gasteiger partial charge in [0, 0.05) is 35.9 Å². The van der Waals surface area contributed by atoms with E-state index < -0.39 is 26.1 Å². The van der Waals surface area contributed by atoms with Crippen LogP contribution in [0.4, 0.5) is 30.8 Å². The van der Waals surface area contributed by atoms with Crippen LogP contribution in [-0.4, -0.2) is 40.9 Å². The number of carbonyl (C=O) groups is 1. The highest BCUT2D eigenvalue weighted by atomic mass is 19.3. The number of hydrogen-bond acceptors (Lipinski definition) is 5. The zero-order chi connectivity index (χ0) is 26.3. The number of alkyl halides is 2. The van der Waals surface area contributed by atoms with Crippen molar-refractivity contribution in [2.45, 2.75) is 13.0 Å². The van der Waals surface area contributed by atoms with Gasteiger partial charge in [-0.2, -0.15) is 10.1 Å². The van der Waals surface area contributed by atoms with Crippen molar-refractivity contribution in [3.8, 4) is 11.6 Å². The SMILES string of the molecule is [2H]C([2H])([2H])Oc1ccc(N2C(=O)N(c3ccc4nn(C)cc4c3)Cc3ccc(OCC(F)F)nc32)cc1. The Morgan fingerprint density at radius 2 is 1.91 bits per heavy atom. The van der Waals surface area contributed by atoms with E-state index in [1.165, 1.54) is 35.2 Å². The molecule has 3 heterocycles. The summed E-state index contributed by atoms with van der Waals surface area (Å²) >= 11 is 0. The fourth-order valence-electron chi connectivity index (χ4n) is 3.86. The number of anilines is 3. The largest absolute Gasteiger partial charge is 0.497 e. The number of aryl methyl sites for hydroxylation is 1. The molecule has 0 aliphatic carbocycles. The molecular weight excluding hydrogens is 444 g/mol. The minimum Gasteiger partial charge on any atom is -0.497 e. The van der Waals surface area contributed by atoms with Crippen LogP contribution in [-0.2, 0) is 13.6 Å². The van der Waals surface area contributed by atoms with Gasteiger partial charge in [0.2, 0.25) is 5.88 Å². The third-order valence-electron chi connectivity index (χ3n) is 5.38. The van der Waals surface area contributed by atoms with Crippen LogP contribution in [0.15, 0.2) is 60.8 Å². The maximum absolute atomic E-state index is 13.8. The first-order valence-electron chi connectivity index (χ1n) is 11.8. The fourth-order valence-corrected chi connectivity index (χ4v) is 3.86. The number of benzene rings is 2. The van der Waals surface area contributed by atoms with Gasteiger partial charge in [0.15, 0.2) is 6.61 Å². The number of urea groups is 1. The summed E-state index contributed by atoms with van der Waals surface area (Å²) in [5.74, 6) is 0.263. The smallest absolute Gasteiger partial charge is 0.335 e. The van der Waals surface area contributed by atoms with Gasteiger partial charge in [-0.25, -0.2) is 18.5 Å². The van der Waals surface area contributed by atoms with Crippen molar-refractivity contribution in [2.24, 2.45) is 7.05 Å². The van der Waals surface area contributed by atoms with Gasteiger partial charge in [0.25, 0.3) is 6.43 Å². The second-order valence-corrected chi connectivity index (χ2v) is 7.68. The molecule has 5 rings (SSSR count). The zero-order valence-electron chi connectivity index (χ0n) is 21.0. The Kier molecular flexibility index (Phi) is 4.62. The molecule has 2 aromatic carbocycles. The van der Waals surface area contributed by atoms with E-state index in [0.29, 0.717) is 16.9 Å². The lowest BCUT2D eigenvalue weighted by molar-refractivity contribution is 0.0796. The molecule has 0 radical (unpaired) electrons. The molecule has 10 heteroatoms. The number of hydrogen-bond donors (Lipinski definition) is 0. The molecule has 34 heavy (non-hydrogen) atoms. The number of aromatic nitrogens is 3. The van der Waals surface area contributed by atoms with E-state index in [2.05, 4.69) is 10.1 Å². The van der Waals surface area contributed by atoms with Gasteiger partial charge in [0.05, 0.1) is 28.9 Å². The van der Waals surface area contributed by atoms with Gasteiger partial charge < -0.3 is 9.47 Å². The van der Waals surface area contributed by atoms with Crippen molar-refractivity contribution in [1.29, 1.82) is 0 Å². The highest BCUT2D eigenvalue weighted by molar-refractivity contribution is 6.10. The molecule has 0 fully saturated rings. The first-order chi connectivity index (χ1) is 17.6. The fraction of sp³-hybridized carbons (Fsp3) is 0.208. The maximum Gasteiger partial charge on any atom is 0.335 e. The van der Waals surface area contributed by atoms with Crippen molar-refractivity contribution >= 4 is 34.1 Å². The Labute approximate surface area is 198 Å². The third-order valence-corrected chi connectivity index (χ3v) is 5.38. The summed E-state index contributed by atoms with van der Waals surface area (Å²) in [6.45, 7) is -0.656. The number of rotatable bonds is 6. The van der Waals surface area contributed by atoms with E-state index in [4.69, 9.17) is 13.6 Å². The number of nitrogens with zero attached hydrogens (tertiary/aromatic N) is 5. The van der Waals surface area contributed by atoms with E-state index in [1.807, 2.05) is 25.4 Å². The number of halogens is 2. The maximum atomic E-state index is 13.8. The van der Waals surface area contributed by atoms with Crippen molar-refractivity contribution < 1.29 is 27.2 Å². The van der Waals surface area contributed by atoms with Gasteiger partial charge in [0.1, 0.15) is 11.6 Å². The molecule has 2 aromatic heterocycles. The summed E-state index contributed by atoms with van der Waals surface area (Å²) in [6, 6.07) is 14.0. The van der Waals surface area contributed by atoms with Crippen LogP contribution in [0.3, 0.4) is 0 Å². The normalized spacial score (nSPS) is 15.2. The van der Waals surface area contributed by atoms with Crippen LogP contribution in [0, 0.1) is 0 Å². The molecule has 0 saturated heterocycles. The minimum atomic E-state index is -2.68. The molecule has 174 valence electrons. The van der Waals surface area contributed by atoms with E-state index in [1.54, 1.807) is 21.7 Å². The Bertz CT molecular complexity index is 1460. The van der Waals surface area contributed by atoms with E-state index in [9.17, 15) is 13.6 Å². The lowest BCUT2D eigenvalue weighted by Crippen LogP contribution is -2.45. The van der Waals surface area contributed by atoms with E-state index in [-0.39, 0.29) is 24.0 Å². The molecule has 0 atom stereocenters. The number of ether oxygens (including phenoxy) is 2. The number of amides is 2. The predicted molar refractivity (Wildman–Crippen MR) is 123 cm³/mol. The van der Waals surface area contributed by atoms with E-state index >= 15 is 0 Å². The van der Waals surface area contributed by atoms with Crippen LogP contribution in [0.25, 0.3) is 10.9 Å². The van der Waals surface area contributed by atoms with Crippen LogP contribution in [0.5, 0.6) is 11.6 Å². The monoisotopic (exact) mass is 468 g/mol. The van der Waals surface area contributed by atoms with E-state index in [0.717, 1.165) is 10.9 Å². The number of fused-ring (bicyclic) bond motifs is 2. The van der Waals surface area contributed by atoms with Crippen molar-refractivity contribution in [3.05, 3.63) is 66.4 Å². The molecule has 1 aliphatic rings. The molecule has 0 saturated carbocycles. The number of methoxy groups -OCH3 is 1. The van der Waals surface area contributed by atoms with Gasteiger partial charge in [-0.3, -0.25) is 9.58 Å². The summed E-state index contributed by atoms with van der Waals surface area (Å²) in [5, 5.41) is 5.22. The quantitative estimate of drug-likeness (QED) is 0.403.